The maximum Gasteiger partial charge on any atom is 0.222 e. The van der Waals surface area contributed by atoms with Crippen LogP contribution in [-0.2, 0) is 4.79 Å². The first-order valence-electron chi connectivity index (χ1n) is 5.33. The van der Waals surface area contributed by atoms with Gasteiger partial charge in [0.25, 0.3) is 0 Å². The third-order valence-electron chi connectivity index (χ3n) is 2.55. The number of aromatic nitrogens is 2. The van der Waals surface area contributed by atoms with Crippen molar-refractivity contribution in [1.82, 2.24) is 10.2 Å². The molecule has 2 aromatic rings. The summed E-state index contributed by atoms with van der Waals surface area (Å²) in [5.41, 5.74) is 2.21. The fourth-order valence-electron chi connectivity index (χ4n) is 1.66. The number of rotatable bonds is 2. The lowest BCUT2D eigenvalue weighted by Crippen LogP contribution is -2.06. The van der Waals surface area contributed by atoms with E-state index >= 15 is 0 Å². The second-order valence-electron chi connectivity index (χ2n) is 4.21. The number of H-pyrrole nitrogens is 1. The minimum atomic E-state index is -0.110. The maximum atomic E-state index is 11.0. The second-order valence-corrected chi connectivity index (χ2v) is 4.21. The summed E-state index contributed by atoms with van der Waals surface area (Å²) >= 11 is 0. The highest BCUT2D eigenvalue weighted by molar-refractivity contribution is 5.98. The monoisotopic (exact) mass is 217 g/mol. The van der Waals surface area contributed by atoms with Crippen molar-refractivity contribution in [3.63, 3.8) is 0 Å². The zero-order valence-electron chi connectivity index (χ0n) is 9.66. The van der Waals surface area contributed by atoms with Gasteiger partial charge in [0.15, 0.2) is 5.82 Å². The van der Waals surface area contributed by atoms with Gasteiger partial charge in [-0.15, -0.1) is 0 Å². The van der Waals surface area contributed by atoms with E-state index < -0.39 is 0 Å². The number of carbonyl (C=O) groups is 1. The molecule has 84 valence electrons. The molecule has 16 heavy (non-hydrogen) atoms. The summed E-state index contributed by atoms with van der Waals surface area (Å²) in [6.07, 6.45) is 0. The number of nitrogens with one attached hydrogen (secondary N) is 2. The van der Waals surface area contributed by atoms with Crippen LogP contribution in [0.1, 0.15) is 32.3 Å². The van der Waals surface area contributed by atoms with Gasteiger partial charge in [-0.25, -0.2) is 0 Å². The van der Waals surface area contributed by atoms with Gasteiger partial charge in [-0.3, -0.25) is 9.89 Å². The van der Waals surface area contributed by atoms with E-state index in [1.165, 1.54) is 12.5 Å². The van der Waals surface area contributed by atoms with Gasteiger partial charge >= 0.3 is 0 Å². The SMILES string of the molecule is CC(=O)Nc1n[nH]c2cc(C(C)C)ccc12. The second kappa shape index (κ2) is 3.96. The van der Waals surface area contributed by atoms with E-state index in [0.717, 1.165) is 10.9 Å². The molecule has 2 N–H and O–H groups in total. The Morgan fingerprint density at radius 2 is 2.19 bits per heavy atom. The predicted molar refractivity (Wildman–Crippen MR) is 64.5 cm³/mol. The first kappa shape index (κ1) is 10.7. The normalized spacial score (nSPS) is 11.0. The van der Waals surface area contributed by atoms with Crippen molar-refractivity contribution in [2.75, 3.05) is 5.32 Å². The molecule has 1 aromatic carbocycles. The Balaban J connectivity index is 2.46. The van der Waals surface area contributed by atoms with Crippen molar-refractivity contribution < 1.29 is 4.79 Å². The minimum absolute atomic E-state index is 0.110. The van der Waals surface area contributed by atoms with Gasteiger partial charge < -0.3 is 5.32 Å². The van der Waals surface area contributed by atoms with Crippen LogP contribution in [0.4, 0.5) is 5.82 Å². The van der Waals surface area contributed by atoms with Crippen molar-refractivity contribution in [2.24, 2.45) is 0 Å². The largest absolute Gasteiger partial charge is 0.309 e. The van der Waals surface area contributed by atoms with E-state index in [4.69, 9.17) is 0 Å². The van der Waals surface area contributed by atoms with Gasteiger partial charge in [0.05, 0.1) is 5.52 Å². The van der Waals surface area contributed by atoms with Crippen LogP contribution >= 0.6 is 0 Å². The Labute approximate surface area is 94.0 Å². The molecule has 1 aromatic heterocycles. The average Bonchev–Trinajstić information content (AvgIpc) is 2.60. The van der Waals surface area contributed by atoms with E-state index in [0.29, 0.717) is 11.7 Å². The highest BCUT2D eigenvalue weighted by atomic mass is 16.1. The molecule has 0 aliphatic rings. The molecule has 0 radical (unpaired) electrons. The summed E-state index contributed by atoms with van der Waals surface area (Å²) in [5, 5.41) is 10.6. The van der Waals surface area contributed by atoms with Crippen LogP contribution in [-0.4, -0.2) is 16.1 Å². The van der Waals surface area contributed by atoms with Gasteiger partial charge in [0.1, 0.15) is 0 Å². The first-order chi connectivity index (χ1) is 7.58. The van der Waals surface area contributed by atoms with Crippen LogP contribution in [0.5, 0.6) is 0 Å². The lowest BCUT2D eigenvalue weighted by atomic mass is 10.0. The van der Waals surface area contributed by atoms with Gasteiger partial charge in [-0.2, -0.15) is 5.10 Å². The number of hydrogen-bond donors (Lipinski definition) is 2. The molecule has 2 rings (SSSR count). The minimum Gasteiger partial charge on any atom is -0.309 e. The number of anilines is 1. The molecule has 0 unspecified atom stereocenters. The lowest BCUT2D eigenvalue weighted by molar-refractivity contribution is -0.114. The van der Waals surface area contributed by atoms with Gasteiger partial charge in [-0.1, -0.05) is 19.9 Å². The van der Waals surface area contributed by atoms with E-state index in [1.54, 1.807) is 0 Å². The Kier molecular flexibility index (Phi) is 2.64. The standard InChI is InChI=1S/C12H15N3O/c1-7(2)9-4-5-10-11(6-9)14-15-12(10)13-8(3)16/h4-7H,1-3H3,(H2,13,14,15,16). The fourth-order valence-corrected chi connectivity index (χ4v) is 1.66. The highest BCUT2D eigenvalue weighted by Gasteiger charge is 2.08. The van der Waals surface area contributed by atoms with Gasteiger partial charge in [0, 0.05) is 12.3 Å². The van der Waals surface area contributed by atoms with Crippen molar-refractivity contribution in [2.45, 2.75) is 26.7 Å². The van der Waals surface area contributed by atoms with Crippen molar-refractivity contribution in [3.05, 3.63) is 23.8 Å². The molecule has 0 aliphatic heterocycles. The Hall–Kier alpha value is -1.84. The quantitative estimate of drug-likeness (QED) is 0.812. The third kappa shape index (κ3) is 1.91. The number of aromatic amines is 1. The molecule has 0 saturated heterocycles. The Morgan fingerprint density at radius 3 is 2.81 bits per heavy atom. The van der Waals surface area contributed by atoms with Crippen molar-refractivity contribution in [1.29, 1.82) is 0 Å². The van der Waals surface area contributed by atoms with Crippen LogP contribution in [0, 0.1) is 0 Å². The first-order valence-corrected chi connectivity index (χ1v) is 5.33. The van der Waals surface area contributed by atoms with E-state index in [-0.39, 0.29) is 5.91 Å². The highest BCUT2D eigenvalue weighted by Crippen LogP contribution is 2.24. The summed E-state index contributed by atoms with van der Waals surface area (Å²) in [5.74, 6) is 0.969. The molecule has 0 saturated carbocycles. The van der Waals surface area contributed by atoms with E-state index in [2.05, 4.69) is 41.5 Å². The fraction of sp³-hybridized carbons (Fsp3) is 0.333. The molecule has 1 heterocycles. The molecular weight excluding hydrogens is 202 g/mol. The maximum absolute atomic E-state index is 11.0. The summed E-state index contributed by atoms with van der Waals surface area (Å²) in [6, 6.07) is 6.12. The summed E-state index contributed by atoms with van der Waals surface area (Å²) in [4.78, 5) is 11.0. The van der Waals surface area contributed by atoms with Crippen molar-refractivity contribution >= 4 is 22.6 Å². The zero-order chi connectivity index (χ0) is 11.7. The molecule has 0 bridgehead atoms. The van der Waals surface area contributed by atoms with Crippen molar-refractivity contribution in [3.8, 4) is 0 Å². The molecule has 0 atom stereocenters. The summed E-state index contributed by atoms with van der Waals surface area (Å²) in [6.45, 7) is 5.77. The third-order valence-corrected chi connectivity index (χ3v) is 2.55. The topological polar surface area (TPSA) is 57.8 Å². The molecule has 0 spiro atoms. The van der Waals surface area contributed by atoms with Gasteiger partial charge in [0.2, 0.25) is 5.91 Å². The zero-order valence-corrected chi connectivity index (χ0v) is 9.66. The Bertz CT molecular complexity index is 528. The van der Waals surface area contributed by atoms with Crippen LogP contribution in [0.3, 0.4) is 0 Å². The molecule has 4 nitrogen and oxygen atoms in total. The molecule has 0 fully saturated rings. The van der Waals surface area contributed by atoms with E-state index in [9.17, 15) is 4.79 Å². The molecule has 1 amide bonds. The smallest absolute Gasteiger partial charge is 0.222 e. The lowest BCUT2D eigenvalue weighted by Gasteiger charge is -2.04. The number of benzene rings is 1. The number of amides is 1. The average molecular weight is 217 g/mol. The number of fused-ring (bicyclic) bond motifs is 1. The molecule has 0 aliphatic carbocycles. The Morgan fingerprint density at radius 1 is 1.44 bits per heavy atom. The number of nitrogens with zero attached hydrogens (tertiary/aromatic N) is 1. The van der Waals surface area contributed by atoms with E-state index in [1.807, 2.05) is 6.07 Å². The van der Waals surface area contributed by atoms with Gasteiger partial charge in [-0.05, 0) is 23.6 Å². The van der Waals surface area contributed by atoms with Crippen LogP contribution in [0.2, 0.25) is 0 Å². The number of carbonyl (C=O) groups excluding carboxylic acids is 1. The molecule has 4 heteroatoms. The summed E-state index contributed by atoms with van der Waals surface area (Å²) < 4.78 is 0. The molecular formula is C12H15N3O. The van der Waals surface area contributed by atoms with Crippen LogP contribution < -0.4 is 5.32 Å². The van der Waals surface area contributed by atoms with Crippen LogP contribution in [0.25, 0.3) is 10.9 Å². The predicted octanol–water partition coefficient (Wildman–Crippen LogP) is 2.64. The number of hydrogen-bond acceptors (Lipinski definition) is 2. The summed E-state index contributed by atoms with van der Waals surface area (Å²) in [7, 11) is 0. The van der Waals surface area contributed by atoms with Crippen LogP contribution in [0.15, 0.2) is 18.2 Å².